The number of ether oxygens (including phenoxy) is 1. The smallest absolute Gasteiger partial charge is 0.313 e. The van der Waals surface area contributed by atoms with E-state index in [0.717, 1.165) is 0 Å². The van der Waals surface area contributed by atoms with Gasteiger partial charge in [-0.05, 0) is 6.42 Å². The molecular formula is C5H10F2N2O2. The normalized spacial score (nSPS) is 11.3. The van der Waals surface area contributed by atoms with Crippen LogP contribution in [0.3, 0.4) is 0 Å². The van der Waals surface area contributed by atoms with Crippen LogP contribution in [-0.4, -0.2) is 18.6 Å². The summed E-state index contributed by atoms with van der Waals surface area (Å²) in [5.74, 6) is 2.84. The third kappa shape index (κ3) is 3.24. The standard InChI is InChI=1S/C5H10F2N2O2/c1-2-3-11-5(6,7)4(10)9-8/h2-3,8H2,1H3,(H,9,10). The average Bonchev–Trinajstić information content (AvgIpc) is 1.99. The van der Waals surface area contributed by atoms with Crippen LogP contribution in [0.4, 0.5) is 8.78 Å². The lowest BCUT2D eigenvalue weighted by Crippen LogP contribution is -2.45. The predicted molar refractivity (Wildman–Crippen MR) is 33.5 cm³/mol. The Morgan fingerprint density at radius 2 is 2.27 bits per heavy atom. The fraction of sp³-hybridized carbons (Fsp3) is 0.800. The fourth-order valence-electron chi connectivity index (χ4n) is 0.380. The van der Waals surface area contributed by atoms with Gasteiger partial charge in [-0.2, -0.15) is 8.78 Å². The van der Waals surface area contributed by atoms with Gasteiger partial charge in [0.1, 0.15) is 0 Å². The van der Waals surface area contributed by atoms with Crippen molar-refractivity contribution in [2.45, 2.75) is 19.5 Å². The second-order valence-corrected chi connectivity index (χ2v) is 1.84. The highest BCUT2D eigenvalue weighted by molar-refractivity contribution is 5.81. The zero-order valence-corrected chi connectivity index (χ0v) is 6.06. The minimum Gasteiger partial charge on any atom is -0.313 e. The van der Waals surface area contributed by atoms with E-state index in [-0.39, 0.29) is 6.61 Å². The minimum atomic E-state index is -3.81. The van der Waals surface area contributed by atoms with Gasteiger partial charge in [-0.25, -0.2) is 5.84 Å². The lowest BCUT2D eigenvalue weighted by atomic mass is 10.5. The predicted octanol–water partition coefficient (Wildman–Crippen LogP) is -0.00430. The third-order valence-electron chi connectivity index (χ3n) is 0.883. The molecule has 0 atom stereocenters. The van der Waals surface area contributed by atoms with E-state index in [1.807, 2.05) is 0 Å². The lowest BCUT2D eigenvalue weighted by molar-refractivity contribution is -0.230. The molecule has 0 saturated carbocycles. The molecule has 0 spiro atoms. The lowest BCUT2D eigenvalue weighted by Gasteiger charge is -2.13. The maximum absolute atomic E-state index is 12.3. The van der Waals surface area contributed by atoms with Gasteiger partial charge in [0.15, 0.2) is 0 Å². The molecule has 0 bridgehead atoms. The molecule has 0 unspecified atom stereocenters. The summed E-state index contributed by atoms with van der Waals surface area (Å²) in [6.07, 6.45) is -3.40. The van der Waals surface area contributed by atoms with Gasteiger partial charge in [0.05, 0.1) is 6.61 Å². The molecule has 66 valence electrons. The molecule has 0 rings (SSSR count). The topological polar surface area (TPSA) is 64.3 Å². The molecule has 6 heteroatoms. The van der Waals surface area contributed by atoms with Crippen LogP contribution in [0, 0.1) is 0 Å². The number of rotatable bonds is 4. The number of hydrogen-bond acceptors (Lipinski definition) is 3. The second kappa shape index (κ2) is 4.20. The van der Waals surface area contributed by atoms with Gasteiger partial charge in [-0.15, -0.1) is 0 Å². The molecule has 1 amide bonds. The van der Waals surface area contributed by atoms with Gasteiger partial charge in [-0.1, -0.05) is 6.92 Å². The van der Waals surface area contributed by atoms with Crippen LogP contribution in [0.15, 0.2) is 0 Å². The van der Waals surface area contributed by atoms with Crippen LogP contribution in [0.5, 0.6) is 0 Å². The van der Waals surface area contributed by atoms with Crippen molar-refractivity contribution in [1.29, 1.82) is 0 Å². The van der Waals surface area contributed by atoms with E-state index in [2.05, 4.69) is 10.6 Å². The fourth-order valence-corrected chi connectivity index (χ4v) is 0.380. The van der Waals surface area contributed by atoms with E-state index in [9.17, 15) is 13.6 Å². The molecule has 0 aliphatic rings. The number of carbonyl (C=O) groups is 1. The van der Waals surface area contributed by atoms with Crippen molar-refractivity contribution in [2.24, 2.45) is 5.84 Å². The Balaban J connectivity index is 3.88. The van der Waals surface area contributed by atoms with E-state index in [4.69, 9.17) is 0 Å². The van der Waals surface area contributed by atoms with E-state index in [1.54, 1.807) is 6.92 Å². The Hall–Kier alpha value is -0.750. The van der Waals surface area contributed by atoms with Gasteiger partial charge in [0.2, 0.25) is 0 Å². The molecule has 0 aromatic heterocycles. The first-order valence-corrected chi connectivity index (χ1v) is 3.07. The summed E-state index contributed by atoms with van der Waals surface area (Å²) in [5.41, 5.74) is 1.30. The number of alkyl halides is 2. The van der Waals surface area contributed by atoms with Gasteiger partial charge in [-0.3, -0.25) is 10.2 Å². The highest BCUT2D eigenvalue weighted by Crippen LogP contribution is 2.14. The van der Waals surface area contributed by atoms with Crippen LogP contribution in [0.1, 0.15) is 13.3 Å². The molecule has 0 fully saturated rings. The molecule has 3 N–H and O–H groups in total. The van der Waals surface area contributed by atoms with Crippen LogP contribution in [0.2, 0.25) is 0 Å². The molecule has 0 radical (unpaired) electrons. The van der Waals surface area contributed by atoms with Crippen LogP contribution >= 0.6 is 0 Å². The quantitative estimate of drug-likeness (QED) is 0.352. The third-order valence-corrected chi connectivity index (χ3v) is 0.883. The molecule has 0 aliphatic carbocycles. The van der Waals surface area contributed by atoms with Crippen LogP contribution in [0.25, 0.3) is 0 Å². The molecule has 0 aromatic carbocycles. The van der Waals surface area contributed by atoms with Crippen molar-refractivity contribution >= 4 is 5.91 Å². The Morgan fingerprint density at radius 1 is 1.73 bits per heavy atom. The number of halogens is 2. The van der Waals surface area contributed by atoms with Crippen molar-refractivity contribution in [2.75, 3.05) is 6.61 Å². The summed E-state index contributed by atoms with van der Waals surface area (Å²) in [7, 11) is 0. The van der Waals surface area contributed by atoms with E-state index < -0.39 is 12.0 Å². The van der Waals surface area contributed by atoms with Crippen molar-refractivity contribution in [3.63, 3.8) is 0 Å². The Morgan fingerprint density at radius 3 is 2.64 bits per heavy atom. The first-order chi connectivity index (χ1) is 5.04. The van der Waals surface area contributed by atoms with Crippen molar-refractivity contribution < 1.29 is 18.3 Å². The highest BCUT2D eigenvalue weighted by atomic mass is 19.3. The molecule has 0 heterocycles. The van der Waals surface area contributed by atoms with Crippen LogP contribution < -0.4 is 11.3 Å². The van der Waals surface area contributed by atoms with Crippen molar-refractivity contribution in [1.82, 2.24) is 5.43 Å². The van der Waals surface area contributed by atoms with E-state index >= 15 is 0 Å². The Kier molecular flexibility index (Phi) is 3.91. The summed E-state index contributed by atoms with van der Waals surface area (Å²) in [6, 6.07) is 0. The summed E-state index contributed by atoms with van der Waals surface area (Å²) in [6.45, 7) is 1.47. The maximum Gasteiger partial charge on any atom is 0.437 e. The molecule has 11 heavy (non-hydrogen) atoms. The summed E-state index contributed by atoms with van der Waals surface area (Å²) in [5, 5.41) is 0. The average molecular weight is 168 g/mol. The van der Waals surface area contributed by atoms with Gasteiger partial charge in [0, 0.05) is 0 Å². The summed E-state index contributed by atoms with van der Waals surface area (Å²) < 4.78 is 28.5. The second-order valence-electron chi connectivity index (χ2n) is 1.84. The summed E-state index contributed by atoms with van der Waals surface area (Å²) >= 11 is 0. The van der Waals surface area contributed by atoms with Crippen molar-refractivity contribution in [3.8, 4) is 0 Å². The maximum atomic E-state index is 12.3. The first kappa shape index (κ1) is 10.2. The van der Waals surface area contributed by atoms with Gasteiger partial charge in [0.25, 0.3) is 0 Å². The number of nitrogens with one attached hydrogen (secondary N) is 1. The number of nitrogens with two attached hydrogens (primary N) is 1. The SMILES string of the molecule is CCCOC(F)(F)C(=O)NN. The monoisotopic (exact) mass is 168 g/mol. The minimum absolute atomic E-state index is 0.180. The highest BCUT2D eigenvalue weighted by Gasteiger charge is 2.39. The number of amides is 1. The zero-order valence-electron chi connectivity index (χ0n) is 6.06. The number of hydrogen-bond donors (Lipinski definition) is 2. The molecule has 0 aliphatic heterocycles. The molecule has 0 saturated heterocycles. The molecule has 0 aromatic rings. The molecule has 4 nitrogen and oxygen atoms in total. The largest absolute Gasteiger partial charge is 0.437 e. The van der Waals surface area contributed by atoms with E-state index in [0.29, 0.717) is 6.42 Å². The zero-order chi connectivity index (χ0) is 8.91. The number of hydrazine groups is 1. The van der Waals surface area contributed by atoms with E-state index in [1.165, 1.54) is 5.43 Å². The first-order valence-electron chi connectivity index (χ1n) is 3.07. The molecular weight excluding hydrogens is 158 g/mol. The van der Waals surface area contributed by atoms with Crippen LogP contribution in [-0.2, 0) is 9.53 Å². The Labute approximate surface area is 62.7 Å². The Bertz CT molecular complexity index is 140. The van der Waals surface area contributed by atoms with Gasteiger partial charge < -0.3 is 4.74 Å². The van der Waals surface area contributed by atoms with Gasteiger partial charge >= 0.3 is 12.0 Å². The van der Waals surface area contributed by atoms with Crippen molar-refractivity contribution in [3.05, 3.63) is 0 Å². The number of carbonyl (C=O) groups excluding carboxylic acids is 1. The summed E-state index contributed by atoms with van der Waals surface area (Å²) in [4.78, 5) is 10.2.